The lowest BCUT2D eigenvalue weighted by Crippen LogP contribution is -2.26. The van der Waals surface area contributed by atoms with Crippen molar-refractivity contribution in [2.75, 3.05) is 6.54 Å². The minimum absolute atomic E-state index is 0.0783. The minimum Gasteiger partial charge on any atom is -0.619 e. The molecule has 1 aromatic heterocycles. The second kappa shape index (κ2) is 5.82. The molecule has 2 rings (SSSR count). The Bertz CT molecular complexity index is 509. The van der Waals surface area contributed by atoms with Gasteiger partial charge < -0.3 is 10.5 Å². The first-order chi connectivity index (χ1) is 8.75. The van der Waals surface area contributed by atoms with Crippen molar-refractivity contribution in [3.63, 3.8) is 0 Å². The van der Waals surface area contributed by atoms with Crippen molar-refractivity contribution in [2.24, 2.45) is 0 Å². The molecule has 0 aliphatic heterocycles. The highest BCUT2D eigenvalue weighted by molar-refractivity contribution is 5.94. The molecule has 1 aromatic carbocycles. The molecule has 0 radical (unpaired) electrons. The Morgan fingerprint density at radius 3 is 2.44 bits per heavy atom. The third-order valence-electron chi connectivity index (χ3n) is 2.61. The fraction of sp³-hybridized carbons (Fsp3) is 0.143. The Morgan fingerprint density at radius 2 is 1.78 bits per heavy atom. The van der Waals surface area contributed by atoms with E-state index < -0.39 is 0 Å². The summed E-state index contributed by atoms with van der Waals surface area (Å²) in [4.78, 5) is 11.7. The van der Waals surface area contributed by atoms with E-state index in [0.717, 1.165) is 10.3 Å². The molecule has 0 bridgehead atoms. The van der Waals surface area contributed by atoms with Gasteiger partial charge in [-0.1, -0.05) is 18.2 Å². The van der Waals surface area contributed by atoms with Crippen molar-refractivity contribution >= 4 is 5.91 Å². The first kappa shape index (κ1) is 12.1. The number of carbonyl (C=O) groups is 1. The topological polar surface area (TPSA) is 56.0 Å². The van der Waals surface area contributed by atoms with Crippen molar-refractivity contribution in [2.45, 2.75) is 6.42 Å². The molecule has 0 saturated heterocycles. The molecular weight excluding hydrogens is 228 g/mol. The summed E-state index contributed by atoms with van der Waals surface area (Å²) in [7, 11) is 0. The van der Waals surface area contributed by atoms with Gasteiger partial charge in [0, 0.05) is 24.2 Å². The van der Waals surface area contributed by atoms with Crippen LogP contribution in [0.25, 0.3) is 0 Å². The maximum atomic E-state index is 11.7. The van der Waals surface area contributed by atoms with E-state index in [-0.39, 0.29) is 5.91 Å². The standard InChI is InChI=1S/C14H14N2O2/c17-14(13-4-2-1-3-5-13)15-9-6-12-7-10-16(18)11-8-12/h1-5,7-8,10-11H,6,9H2,(H,15,17). The van der Waals surface area contributed by atoms with Crippen LogP contribution in [0.1, 0.15) is 15.9 Å². The number of aromatic nitrogens is 1. The highest BCUT2D eigenvalue weighted by atomic mass is 16.5. The Hall–Kier alpha value is -2.36. The lowest BCUT2D eigenvalue weighted by molar-refractivity contribution is -0.605. The van der Waals surface area contributed by atoms with E-state index in [0.29, 0.717) is 18.5 Å². The number of nitrogens with zero attached hydrogens (tertiary/aromatic N) is 1. The van der Waals surface area contributed by atoms with Gasteiger partial charge in [-0.05, 0) is 24.1 Å². The predicted molar refractivity (Wildman–Crippen MR) is 67.9 cm³/mol. The van der Waals surface area contributed by atoms with Gasteiger partial charge in [0.15, 0.2) is 12.4 Å². The molecule has 1 heterocycles. The van der Waals surface area contributed by atoms with Crippen molar-refractivity contribution in [3.05, 3.63) is 71.2 Å². The fourth-order valence-electron chi connectivity index (χ4n) is 1.62. The first-order valence-corrected chi connectivity index (χ1v) is 5.76. The molecule has 1 N–H and O–H groups in total. The smallest absolute Gasteiger partial charge is 0.251 e. The monoisotopic (exact) mass is 242 g/mol. The fourth-order valence-corrected chi connectivity index (χ4v) is 1.62. The van der Waals surface area contributed by atoms with E-state index in [1.165, 1.54) is 12.4 Å². The molecule has 4 heteroatoms. The number of pyridine rings is 1. The van der Waals surface area contributed by atoms with Gasteiger partial charge in [0.05, 0.1) is 0 Å². The normalized spacial score (nSPS) is 10.0. The minimum atomic E-state index is -0.0783. The summed E-state index contributed by atoms with van der Waals surface area (Å²) in [6, 6.07) is 12.6. The van der Waals surface area contributed by atoms with E-state index in [4.69, 9.17) is 0 Å². The maximum Gasteiger partial charge on any atom is 0.251 e. The Balaban J connectivity index is 1.82. The highest BCUT2D eigenvalue weighted by Crippen LogP contribution is 1.99. The average molecular weight is 242 g/mol. The summed E-state index contributed by atoms with van der Waals surface area (Å²) >= 11 is 0. The molecule has 0 spiro atoms. The van der Waals surface area contributed by atoms with Gasteiger partial charge in [0.25, 0.3) is 5.91 Å². The third kappa shape index (κ3) is 3.31. The number of rotatable bonds is 4. The number of nitrogens with one attached hydrogen (secondary N) is 1. The van der Waals surface area contributed by atoms with Crippen LogP contribution in [0.15, 0.2) is 54.9 Å². The van der Waals surface area contributed by atoms with Crippen LogP contribution in [0, 0.1) is 5.21 Å². The van der Waals surface area contributed by atoms with Crippen molar-refractivity contribution in [1.29, 1.82) is 0 Å². The highest BCUT2D eigenvalue weighted by Gasteiger charge is 2.03. The van der Waals surface area contributed by atoms with E-state index in [1.54, 1.807) is 24.3 Å². The second-order valence-electron chi connectivity index (χ2n) is 3.94. The summed E-state index contributed by atoms with van der Waals surface area (Å²) in [6.07, 6.45) is 3.61. The largest absolute Gasteiger partial charge is 0.619 e. The van der Waals surface area contributed by atoms with Crippen LogP contribution >= 0.6 is 0 Å². The zero-order valence-electron chi connectivity index (χ0n) is 9.87. The molecule has 4 nitrogen and oxygen atoms in total. The van der Waals surface area contributed by atoms with Crippen molar-refractivity contribution in [1.82, 2.24) is 5.32 Å². The second-order valence-corrected chi connectivity index (χ2v) is 3.94. The van der Waals surface area contributed by atoms with Crippen LogP contribution in [0.4, 0.5) is 0 Å². The first-order valence-electron chi connectivity index (χ1n) is 5.76. The molecule has 0 saturated carbocycles. The zero-order chi connectivity index (χ0) is 12.8. The van der Waals surface area contributed by atoms with Crippen LogP contribution in [0.5, 0.6) is 0 Å². The number of hydrogen-bond donors (Lipinski definition) is 1. The summed E-state index contributed by atoms with van der Waals surface area (Å²) in [5.41, 5.74) is 1.68. The lowest BCUT2D eigenvalue weighted by Gasteiger charge is -2.05. The van der Waals surface area contributed by atoms with Crippen LogP contribution in [-0.2, 0) is 6.42 Å². The number of benzene rings is 1. The van der Waals surface area contributed by atoms with Gasteiger partial charge in [-0.15, -0.1) is 0 Å². The molecule has 18 heavy (non-hydrogen) atoms. The molecule has 2 aromatic rings. The van der Waals surface area contributed by atoms with Crippen LogP contribution < -0.4 is 10.0 Å². The van der Waals surface area contributed by atoms with E-state index in [2.05, 4.69) is 5.32 Å². The summed E-state index contributed by atoms with van der Waals surface area (Å²) < 4.78 is 0.742. The molecule has 0 atom stereocenters. The molecule has 0 aliphatic carbocycles. The third-order valence-corrected chi connectivity index (χ3v) is 2.61. The summed E-state index contributed by atoms with van der Waals surface area (Å²) in [5.74, 6) is -0.0783. The zero-order valence-corrected chi connectivity index (χ0v) is 9.87. The summed E-state index contributed by atoms with van der Waals surface area (Å²) in [6.45, 7) is 0.552. The Labute approximate surface area is 105 Å². The van der Waals surface area contributed by atoms with Gasteiger partial charge in [-0.25, -0.2) is 0 Å². The van der Waals surface area contributed by atoms with Gasteiger partial charge >= 0.3 is 0 Å². The van der Waals surface area contributed by atoms with Crippen molar-refractivity contribution in [3.8, 4) is 0 Å². The molecular formula is C14H14N2O2. The number of hydrogen-bond acceptors (Lipinski definition) is 2. The quantitative estimate of drug-likeness (QED) is 0.649. The van der Waals surface area contributed by atoms with Gasteiger partial charge in [0.1, 0.15) is 0 Å². The van der Waals surface area contributed by atoms with Gasteiger partial charge in [-0.2, -0.15) is 4.73 Å². The Morgan fingerprint density at radius 1 is 1.11 bits per heavy atom. The van der Waals surface area contributed by atoms with Crippen LogP contribution in [0.3, 0.4) is 0 Å². The van der Waals surface area contributed by atoms with E-state index >= 15 is 0 Å². The van der Waals surface area contributed by atoms with E-state index in [9.17, 15) is 10.0 Å². The lowest BCUT2D eigenvalue weighted by atomic mass is 10.2. The van der Waals surface area contributed by atoms with E-state index in [1.807, 2.05) is 18.2 Å². The van der Waals surface area contributed by atoms with Crippen LogP contribution in [-0.4, -0.2) is 12.5 Å². The average Bonchev–Trinajstić information content (AvgIpc) is 2.42. The Kier molecular flexibility index (Phi) is 3.91. The predicted octanol–water partition coefficient (Wildman–Crippen LogP) is 1.29. The SMILES string of the molecule is O=C(NCCc1cc[n+]([O-])cc1)c1ccccc1. The molecule has 0 fully saturated rings. The summed E-state index contributed by atoms with van der Waals surface area (Å²) in [5, 5.41) is 13.7. The molecule has 0 unspecified atom stereocenters. The maximum absolute atomic E-state index is 11.7. The number of amides is 1. The van der Waals surface area contributed by atoms with Crippen LogP contribution in [0.2, 0.25) is 0 Å². The number of carbonyl (C=O) groups excluding carboxylic acids is 1. The van der Waals surface area contributed by atoms with Crippen molar-refractivity contribution < 1.29 is 9.52 Å². The molecule has 0 aliphatic rings. The van der Waals surface area contributed by atoms with Gasteiger partial charge in [0.2, 0.25) is 0 Å². The molecule has 1 amide bonds. The molecule has 92 valence electrons. The van der Waals surface area contributed by atoms with Gasteiger partial charge in [-0.3, -0.25) is 4.79 Å².